The third-order valence-corrected chi connectivity index (χ3v) is 6.71. The molecule has 3 N–H and O–H groups in total. The molecule has 210 valence electrons. The highest BCUT2D eigenvalue weighted by atomic mass is 32.1. The Kier molecular flexibility index (Phi) is 9.17. The molecular formula is C32H27N5O4S. The molecule has 0 aliphatic heterocycles. The van der Waals surface area contributed by atoms with E-state index < -0.39 is 0 Å². The molecular weight excluding hydrogens is 550 g/mol. The van der Waals surface area contributed by atoms with Gasteiger partial charge in [0.2, 0.25) is 0 Å². The van der Waals surface area contributed by atoms with Crippen molar-refractivity contribution in [2.24, 2.45) is 5.10 Å². The number of hydrogen-bond donors (Lipinski definition) is 3. The number of nitrogens with one attached hydrogen (secondary N) is 3. The molecule has 2 amide bonds. The lowest BCUT2D eigenvalue weighted by atomic mass is 10.1. The highest BCUT2D eigenvalue weighted by Crippen LogP contribution is 2.27. The van der Waals surface area contributed by atoms with E-state index in [0.29, 0.717) is 28.3 Å². The van der Waals surface area contributed by atoms with Gasteiger partial charge in [-0.3, -0.25) is 9.59 Å². The van der Waals surface area contributed by atoms with Crippen LogP contribution in [0.1, 0.15) is 15.9 Å². The van der Waals surface area contributed by atoms with Gasteiger partial charge in [-0.1, -0.05) is 42.5 Å². The van der Waals surface area contributed by atoms with Crippen molar-refractivity contribution in [2.75, 3.05) is 24.4 Å². The first-order valence-corrected chi connectivity index (χ1v) is 13.8. The van der Waals surface area contributed by atoms with Gasteiger partial charge in [0.25, 0.3) is 11.8 Å². The molecule has 5 rings (SSSR count). The minimum atomic E-state index is -0.342. The zero-order chi connectivity index (χ0) is 29.1. The van der Waals surface area contributed by atoms with Crippen LogP contribution in [0.3, 0.4) is 0 Å². The highest BCUT2D eigenvalue weighted by Gasteiger charge is 2.09. The molecule has 5 aromatic rings. The molecule has 0 aliphatic rings. The number of methoxy groups -OCH3 is 1. The lowest BCUT2D eigenvalue weighted by molar-refractivity contribution is -0.118. The third kappa shape index (κ3) is 7.80. The number of nitrogens with zero attached hydrogens (tertiary/aromatic N) is 2. The normalized spacial score (nSPS) is 10.7. The number of ether oxygens (including phenoxy) is 2. The van der Waals surface area contributed by atoms with Crippen molar-refractivity contribution in [1.82, 2.24) is 10.4 Å². The van der Waals surface area contributed by atoms with Crippen LogP contribution < -0.4 is 25.5 Å². The molecule has 0 unspecified atom stereocenters. The molecule has 0 saturated carbocycles. The van der Waals surface area contributed by atoms with Crippen LogP contribution in [0.2, 0.25) is 0 Å². The lowest BCUT2D eigenvalue weighted by Crippen LogP contribution is -2.20. The summed E-state index contributed by atoms with van der Waals surface area (Å²) in [6.07, 6.45) is 1.51. The van der Waals surface area contributed by atoms with E-state index in [-0.39, 0.29) is 18.4 Å². The van der Waals surface area contributed by atoms with E-state index in [2.05, 4.69) is 26.1 Å². The summed E-state index contributed by atoms with van der Waals surface area (Å²) in [6, 6.07) is 31.1. The quantitative estimate of drug-likeness (QED) is 0.125. The molecule has 0 aliphatic carbocycles. The standard InChI is InChI=1S/C32H27N5O4S/c1-40-27-16-14-26(15-17-27)34-30(38)20-41-28-9-5-6-22(18-28)19-33-37-31(39)24-12-10-23(11-13-24)29-21-42-32(36-29)35-25-7-3-2-4-8-25/h2-19,21H,20H2,1H3,(H,34,38)(H,35,36)(H,37,39)/b33-19+. The Balaban J connectivity index is 1.10. The number of anilines is 3. The first-order chi connectivity index (χ1) is 20.6. The van der Waals surface area contributed by atoms with E-state index in [1.807, 2.05) is 53.9 Å². The van der Waals surface area contributed by atoms with Gasteiger partial charge >= 0.3 is 0 Å². The van der Waals surface area contributed by atoms with Crippen molar-refractivity contribution >= 4 is 45.9 Å². The molecule has 0 radical (unpaired) electrons. The summed E-state index contributed by atoms with van der Waals surface area (Å²) in [5.41, 5.74) is 7.04. The van der Waals surface area contributed by atoms with Gasteiger partial charge in [0.15, 0.2) is 11.7 Å². The number of aromatic nitrogens is 1. The number of amides is 2. The van der Waals surface area contributed by atoms with E-state index in [0.717, 1.165) is 22.1 Å². The molecule has 0 saturated heterocycles. The molecule has 0 spiro atoms. The van der Waals surface area contributed by atoms with Gasteiger partial charge in [0, 0.05) is 27.9 Å². The van der Waals surface area contributed by atoms with E-state index in [9.17, 15) is 9.59 Å². The average Bonchev–Trinajstić information content (AvgIpc) is 3.49. The predicted octanol–water partition coefficient (Wildman–Crippen LogP) is 6.34. The number of carbonyl (C=O) groups is 2. The van der Waals surface area contributed by atoms with Gasteiger partial charge < -0.3 is 20.1 Å². The maximum atomic E-state index is 12.6. The number of carbonyl (C=O) groups excluding carboxylic acids is 2. The van der Waals surface area contributed by atoms with Crippen LogP contribution in [0.25, 0.3) is 11.3 Å². The van der Waals surface area contributed by atoms with Crippen molar-refractivity contribution < 1.29 is 19.1 Å². The summed E-state index contributed by atoms with van der Waals surface area (Å²) in [5.74, 6) is 0.562. The summed E-state index contributed by atoms with van der Waals surface area (Å²) in [7, 11) is 1.58. The molecule has 1 aromatic heterocycles. The second-order valence-corrected chi connectivity index (χ2v) is 9.80. The maximum absolute atomic E-state index is 12.6. The van der Waals surface area contributed by atoms with Crippen LogP contribution in [0.5, 0.6) is 11.5 Å². The molecule has 9 nitrogen and oxygen atoms in total. The van der Waals surface area contributed by atoms with E-state index >= 15 is 0 Å². The van der Waals surface area contributed by atoms with Crippen LogP contribution >= 0.6 is 11.3 Å². The SMILES string of the molecule is COc1ccc(NC(=O)COc2cccc(/C=N/NC(=O)c3ccc(-c4csc(Nc5ccccc5)n4)cc3)c2)cc1. The van der Waals surface area contributed by atoms with Crippen molar-refractivity contribution in [2.45, 2.75) is 0 Å². The van der Waals surface area contributed by atoms with Crippen molar-refractivity contribution in [1.29, 1.82) is 0 Å². The smallest absolute Gasteiger partial charge is 0.271 e. The van der Waals surface area contributed by atoms with Gasteiger partial charge in [-0.05, 0) is 66.2 Å². The fourth-order valence-electron chi connectivity index (χ4n) is 3.84. The average molecular weight is 578 g/mol. The number of benzene rings is 4. The zero-order valence-corrected chi connectivity index (χ0v) is 23.4. The number of thiazole rings is 1. The van der Waals surface area contributed by atoms with Gasteiger partial charge in [0.1, 0.15) is 11.5 Å². The van der Waals surface area contributed by atoms with E-state index in [1.165, 1.54) is 17.6 Å². The van der Waals surface area contributed by atoms with Crippen molar-refractivity contribution in [3.63, 3.8) is 0 Å². The van der Waals surface area contributed by atoms with Gasteiger partial charge in [-0.2, -0.15) is 5.10 Å². The topological polar surface area (TPSA) is 114 Å². The fraction of sp³-hybridized carbons (Fsp3) is 0.0625. The second-order valence-electron chi connectivity index (χ2n) is 8.94. The van der Waals surface area contributed by atoms with Crippen LogP contribution in [0.4, 0.5) is 16.5 Å². The van der Waals surface area contributed by atoms with Gasteiger partial charge in [0.05, 0.1) is 19.0 Å². The summed E-state index contributed by atoms with van der Waals surface area (Å²) < 4.78 is 10.7. The summed E-state index contributed by atoms with van der Waals surface area (Å²) in [5, 5.41) is 12.9. The predicted molar refractivity (Wildman–Crippen MR) is 166 cm³/mol. The van der Waals surface area contributed by atoms with Crippen LogP contribution in [0, 0.1) is 0 Å². The van der Waals surface area contributed by atoms with Crippen LogP contribution in [-0.2, 0) is 4.79 Å². The maximum Gasteiger partial charge on any atom is 0.271 e. The molecule has 42 heavy (non-hydrogen) atoms. The van der Waals surface area contributed by atoms with Gasteiger partial charge in [-0.15, -0.1) is 11.3 Å². The second kappa shape index (κ2) is 13.7. The van der Waals surface area contributed by atoms with Crippen LogP contribution in [0.15, 0.2) is 114 Å². The monoisotopic (exact) mass is 577 g/mol. The summed E-state index contributed by atoms with van der Waals surface area (Å²) in [6.45, 7) is -0.162. The Morgan fingerprint density at radius 3 is 2.43 bits per heavy atom. The molecule has 0 atom stereocenters. The number of para-hydroxylation sites is 1. The summed E-state index contributed by atoms with van der Waals surface area (Å²) >= 11 is 1.51. The van der Waals surface area contributed by atoms with E-state index in [1.54, 1.807) is 61.7 Å². The molecule has 4 aromatic carbocycles. The first kappa shape index (κ1) is 28.1. The number of rotatable bonds is 11. The largest absolute Gasteiger partial charge is 0.497 e. The minimum absolute atomic E-state index is 0.162. The minimum Gasteiger partial charge on any atom is -0.497 e. The lowest BCUT2D eigenvalue weighted by Gasteiger charge is -2.08. The number of hydrazone groups is 1. The molecule has 10 heteroatoms. The Morgan fingerprint density at radius 1 is 0.881 bits per heavy atom. The van der Waals surface area contributed by atoms with Crippen LogP contribution in [-0.4, -0.2) is 36.7 Å². The number of hydrogen-bond acceptors (Lipinski definition) is 8. The Bertz CT molecular complexity index is 1670. The fourth-order valence-corrected chi connectivity index (χ4v) is 4.58. The molecule has 0 bridgehead atoms. The Labute approximate surface area is 246 Å². The van der Waals surface area contributed by atoms with Crippen molar-refractivity contribution in [3.8, 4) is 22.8 Å². The highest BCUT2D eigenvalue weighted by molar-refractivity contribution is 7.14. The zero-order valence-electron chi connectivity index (χ0n) is 22.6. The molecule has 1 heterocycles. The summed E-state index contributed by atoms with van der Waals surface area (Å²) in [4.78, 5) is 29.5. The Hall–Kier alpha value is -5.48. The molecule has 0 fully saturated rings. The van der Waals surface area contributed by atoms with Crippen molar-refractivity contribution in [3.05, 3.63) is 120 Å². The first-order valence-electron chi connectivity index (χ1n) is 12.9. The van der Waals surface area contributed by atoms with Gasteiger partial charge in [-0.25, -0.2) is 10.4 Å². The Morgan fingerprint density at radius 2 is 1.67 bits per heavy atom. The van der Waals surface area contributed by atoms with E-state index in [4.69, 9.17) is 9.47 Å². The third-order valence-electron chi connectivity index (χ3n) is 5.95.